The summed E-state index contributed by atoms with van der Waals surface area (Å²) in [6, 6.07) is 15.6. The van der Waals surface area contributed by atoms with Crippen molar-refractivity contribution in [3.8, 4) is 5.75 Å². The van der Waals surface area contributed by atoms with Crippen molar-refractivity contribution in [3.05, 3.63) is 65.2 Å². The van der Waals surface area contributed by atoms with Gasteiger partial charge in [0.05, 0.1) is 25.4 Å². The highest BCUT2D eigenvalue weighted by Crippen LogP contribution is 2.59. The number of fused-ring (bicyclic) bond motifs is 1. The standard InChI is InChI=1S/C29H38O4/c1-28(2)25-13-10-22(16-21-6-5-7-23(17-21)27(30)31)18-29(25,3)15-14-26(28)33-19-20-8-11-24(32-4)12-9-20/h5-9,11-12,17,22,25-26H,10,13-16,18-19H2,1-4H3,(H,30,31)/t22-,25?,26-,29+/m0/s1. The maximum absolute atomic E-state index is 11.3. The fraction of sp³-hybridized carbons (Fsp3) is 0.552. The van der Waals surface area contributed by atoms with E-state index in [-0.39, 0.29) is 11.5 Å². The van der Waals surface area contributed by atoms with Gasteiger partial charge in [-0.1, -0.05) is 45.0 Å². The molecule has 2 fully saturated rings. The Hall–Kier alpha value is -2.33. The molecule has 4 rings (SSSR count). The molecule has 0 spiro atoms. The van der Waals surface area contributed by atoms with Gasteiger partial charge in [0.1, 0.15) is 5.75 Å². The van der Waals surface area contributed by atoms with Crippen LogP contribution in [0.15, 0.2) is 48.5 Å². The zero-order valence-electron chi connectivity index (χ0n) is 20.5. The van der Waals surface area contributed by atoms with Crippen LogP contribution in [0.4, 0.5) is 0 Å². The van der Waals surface area contributed by atoms with Gasteiger partial charge in [0.15, 0.2) is 0 Å². The van der Waals surface area contributed by atoms with Crippen LogP contribution in [0.3, 0.4) is 0 Å². The second-order valence-corrected chi connectivity index (χ2v) is 11.1. The van der Waals surface area contributed by atoms with Crippen LogP contribution >= 0.6 is 0 Å². The highest BCUT2D eigenvalue weighted by Gasteiger charge is 2.53. The molecular formula is C29H38O4. The zero-order chi connectivity index (χ0) is 23.6. The van der Waals surface area contributed by atoms with E-state index in [9.17, 15) is 9.90 Å². The fourth-order valence-corrected chi connectivity index (χ4v) is 6.81. The number of hydrogen-bond donors (Lipinski definition) is 1. The Balaban J connectivity index is 1.39. The number of benzene rings is 2. The number of ether oxygens (including phenoxy) is 2. The first-order chi connectivity index (χ1) is 15.7. The van der Waals surface area contributed by atoms with Gasteiger partial charge in [0.2, 0.25) is 0 Å². The Morgan fingerprint density at radius 2 is 1.79 bits per heavy atom. The van der Waals surface area contributed by atoms with Crippen molar-refractivity contribution in [2.24, 2.45) is 22.7 Å². The molecule has 33 heavy (non-hydrogen) atoms. The van der Waals surface area contributed by atoms with Crippen LogP contribution in [0.25, 0.3) is 0 Å². The highest BCUT2D eigenvalue weighted by atomic mass is 16.5. The van der Waals surface area contributed by atoms with Crippen molar-refractivity contribution in [3.63, 3.8) is 0 Å². The number of carboxylic acid groups (broad SMARTS) is 1. The number of rotatable bonds is 7. The monoisotopic (exact) mass is 450 g/mol. The third-order valence-electron chi connectivity index (χ3n) is 8.47. The smallest absolute Gasteiger partial charge is 0.335 e. The first-order valence-electron chi connectivity index (χ1n) is 12.3. The van der Waals surface area contributed by atoms with Crippen LogP contribution in [-0.2, 0) is 17.8 Å². The summed E-state index contributed by atoms with van der Waals surface area (Å²) >= 11 is 0. The summed E-state index contributed by atoms with van der Waals surface area (Å²) in [6.45, 7) is 7.94. The van der Waals surface area contributed by atoms with E-state index < -0.39 is 5.97 Å². The van der Waals surface area contributed by atoms with Crippen LogP contribution < -0.4 is 4.74 Å². The van der Waals surface area contributed by atoms with Crippen molar-refractivity contribution >= 4 is 5.97 Å². The van der Waals surface area contributed by atoms with Crippen LogP contribution in [0.2, 0.25) is 0 Å². The molecule has 178 valence electrons. The van der Waals surface area contributed by atoms with Crippen LogP contribution in [0, 0.1) is 22.7 Å². The van der Waals surface area contributed by atoms with E-state index >= 15 is 0 Å². The quantitative estimate of drug-likeness (QED) is 0.506. The van der Waals surface area contributed by atoms with Gasteiger partial charge in [-0.3, -0.25) is 0 Å². The molecule has 4 atom stereocenters. The zero-order valence-corrected chi connectivity index (χ0v) is 20.5. The van der Waals surface area contributed by atoms with Gasteiger partial charge in [-0.15, -0.1) is 0 Å². The maximum atomic E-state index is 11.3. The lowest BCUT2D eigenvalue weighted by Crippen LogP contribution is -2.53. The summed E-state index contributed by atoms with van der Waals surface area (Å²) in [4.78, 5) is 11.3. The van der Waals surface area contributed by atoms with Crippen LogP contribution in [0.5, 0.6) is 5.75 Å². The minimum absolute atomic E-state index is 0.133. The molecule has 2 aliphatic carbocycles. The van der Waals surface area contributed by atoms with Gasteiger partial charge >= 0.3 is 5.97 Å². The lowest BCUT2D eigenvalue weighted by Gasteiger charge is -2.58. The lowest BCUT2D eigenvalue weighted by atomic mass is 9.49. The SMILES string of the molecule is COc1ccc(CO[C@H]2CC[C@]3(C)C[C@H](Cc4cccc(C(=O)O)c4)CCC3C2(C)C)cc1. The van der Waals surface area contributed by atoms with E-state index in [0.717, 1.165) is 24.2 Å². The molecule has 0 bridgehead atoms. The summed E-state index contributed by atoms with van der Waals surface area (Å²) in [5.41, 5.74) is 3.18. The van der Waals surface area contributed by atoms with Crippen LogP contribution in [0.1, 0.15) is 74.4 Å². The minimum Gasteiger partial charge on any atom is -0.497 e. The summed E-state index contributed by atoms with van der Waals surface area (Å²) < 4.78 is 11.8. The molecule has 0 aromatic heterocycles. The molecule has 0 radical (unpaired) electrons. The van der Waals surface area contributed by atoms with E-state index in [0.29, 0.717) is 29.4 Å². The fourth-order valence-electron chi connectivity index (χ4n) is 6.81. The van der Waals surface area contributed by atoms with Crippen molar-refractivity contribution in [2.75, 3.05) is 7.11 Å². The largest absolute Gasteiger partial charge is 0.497 e. The number of carboxylic acids is 1. The van der Waals surface area contributed by atoms with Gasteiger partial charge < -0.3 is 14.6 Å². The maximum Gasteiger partial charge on any atom is 0.335 e. The van der Waals surface area contributed by atoms with Crippen molar-refractivity contribution < 1.29 is 19.4 Å². The molecule has 0 aliphatic heterocycles. The van der Waals surface area contributed by atoms with Crippen molar-refractivity contribution in [1.82, 2.24) is 0 Å². The second-order valence-electron chi connectivity index (χ2n) is 11.1. The Kier molecular flexibility index (Phi) is 6.86. The van der Waals surface area contributed by atoms with E-state index in [2.05, 4.69) is 39.0 Å². The molecule has 2 aromatic carbocycles. The second kappa shape index (κ2) is 9.50. The van der Waals surface area contributed by atoms with Gasteiger partial charge in [-0.2, -0.15) is 0 Å². The average Bonchev–Trinajstić information content (AvgIpc) is 2.78. The predicted octanol–water partition coefficient (Wildman–Crippen LogP) is 6.76. The van der Waals surface area contributed by atoms with Gasteiger partial charge in [0.25, 0.3) is 0 Å². The van der Waals surface area contributed by atoms with E-state index in [1.807, 2.05) is 24.3 Å². The minimum atomic E-state index is -0.845. The van der Waals surface area contributed by atoms with E-state index in [1.54, 1.807) is 13.2 Å². The normalized spacial score (nSPS) is 28.7. The molecule has 0 amide bonds. The molecule has 4 heteroatoms. The summed E-state index contributed by atoms with van der Waals surface area (Å²) in [6.07, 6.45) is 7.16. The van der Waals surface area contributed by atoms with Gasteiger partial charge in [-0.05, 0) is 96.6 Å². The summed E-state index contributed by atoms with van der Waals surface area (Å²) in [7, 11) is 1.69. The molecule has 0 saturated heterocycles. The Bertz CT molecular complexity index is 964. The molecule has 1 N–H and O–H groups in total. The molecule has 2 aromatic rings. The lowest BCUT2D eigenvalue weighted by molar-refractivity contribution is -0.150. The number of carbonyl (C=O) groups is 1. The van der Waals surface area contributed by atoms with Crippen molar-refractivity contribution in [2.45, 2.75) is 72.0 Å². The first kappa shape index (κ1) is 23.8. The number of hydrogen-bond acceptors (Lipinski definition) is 3. The topological polar surface area (TPSA) is 55.8 Å². The predicted molar refractivity (Wildman–Crippen MR) is 131 cm³/mol. The third kappa shape index (κ3) is 5.11. The van der Waals surface area contributed by atoms with Crippen LogP contribution in [-0.4, -0.2) is 24.3 Å². The molecular weight excluding hydrogens is 412 g/mol. The average molecular weight is 451 g/mol. The van der Waals surface area contributed by atoms with Gasteiger partial charge in [-0.25, -0.2) is 4.79 Å². The Morgan fingerprint density at radius 3 is 2.48 bits per heavy atom. The molecule has 0 heterocycles. The van der Waals surface area contributed by atoms with Gasteiger partial charge in [0, 0.05) is 0 Å². The summed E-state index contributed by atoms with van der Waals surface area (Å²) in [5.74, 6) is 1.28. The third-order valence-corrected chi connectivity index (χ3v) is 8.47. The number of methoxy groups -OCH3 is 1. The van der Waals surface area contributed by atoms with E-state index in [4.69, 9.17) is 9.47 Å². The molecule has 1 unspecified atom stereocenters. The van der Waals surface area contributed by atoms with Crippen molar-refractivity contribution in [1.29, 1.82) is 0 Å². The first-order valence-corrected chi connectivity index (χ1v) is 12.3. The molecule has 4 nitrogen and oxygen atoms in total. The highest BCUT2D eigenvalue weighted by molar-refractivity contribution is 5.87. The Labute approximate surface area is 198 Å². The molecule has 2 aliphatic rings. The molecule has 2 saturated carbocycles. The Morgan fingerprint density at radius 1 is 1.03 bits per heavy atom. The summed E-state index contributed by atoms with van der Waals surface area (Å²) in [5, 5.41) is 9.32. The van der Waals surface area contributed by atoms with E-state index in [1.165, 1.54) is 31.2 Å². The number of aromatic carboxylic acids is 1.